The van der Waals surface area contributed by atoms with Crippen LogP contribution >= 0.6 is 11.6 Å². The maximum absolute atomic E-state index is 12.6. The van der Waals surface area contributed by atoms with Crippen LogP contribution in [0.2, 0.25) is 5.02 Å². The zero-order valence-corrected chi connectivity index (χ0v) is 16.3. The number of halogens is 1. The fourth-order valence-electron chi connectivity index (χ4n) is 2.89. The summed E-state index contributed by atoms with van der Waals surface area (Å²) in [7, 11) is 0. The fourth-order valence-corrected chi connectivity index (χ4v) is 3.07. The third-order valence-corrected chi connectivity index (χ3v) is 4.65. The van der Waals surface area contributed by atoms with E-state index < -0.39 is 11.6 Å². The van der Waals surface area contributed by atoms with E-state index in [1.165, 1.54) is 11.0 Å². The number of rotatable bonds is 2. The second-order valence-electron chi connectivity index (χ2n) is 7.42. The van der Waals surface area contributed by atoms with E-state index in [2.05, 4.69) is 10.6 Å². The molecule has 0 aromatic heterocycles. The average molecular weight is 386 g/mol. The van der Waals surface area contributed by atoms with Gasteiger partial charge in [-0.1, -0.05) is 17.7 Å². The van der Waals surface area contributed by atoms with Crippen LogP contribution in [0.5, 0.6) is 0 Å². The molecular formula is C20H20ClN3O3. The SMILES string of the molecule is Cc1ccc(NC(=O)Nc2ccc3c(c2)C(=O)N(C(C)(C)C)C3=O)cc1Cl. The largest absolute Gasteiger partial charge is 0.323 e. The number of benzene rings is 2. The highest BCUT2D eigenvalue weighted by atomic mass is 35.5. The zero-order chi connectivity index (χ0) is 19.9. The summed E-state index contributed by atoms with van der Waals surface area (Å²) >= 11 is 6.06. The zero-order valence-electron chi connectivity index (χ0n) is 15.5. The molecule has 0 unspecified atom stereocenters. The maximum Gasteiger partial charge on any atom is 0.323 e. The molecule has 27 heavy (non-hydrogen) atoms. The highest BCUT2D eigenvalue weighted by molar-refractivity contribution is 6.31. The van der Waals surface area contributed by atoms with Crippen LogP contribution in [-0.4, -0.2) is 28.3 Å². The Kier molecular flexibility index (Phi) is 4.70. The summed E-state index contributed by atoms with van der Waals surface area (Å²) in [5.74, 6) is -0.690. The highest BCUT2D eigenvalue weighted by Gasteiger charge is 2.41. The van der Waals surface area contributed by atoms with Gasteiger partial charge in [-0.3, -0.25) is 14.5 Å². The lowest BCUT2D eigenvalue weighted by Gasteiger charge is -2.29. The lowest BCUT2D eigenvalue weighted by atomic mass is 10.1. The molecular weight excluding hydrogens is 366 g/mol. The number of imide groups is 1. The minimum atomic E-state index is -0.622. The molecule has 0 atom stereocenters. The maximum atomic E-state index is 12.6. The van der Waals surface area contributed by atoms with Gasteiger partial charge in [0.2, 0.25) is 0 Å². The highest BCUT2D eigenvalue weighted by Crippen LogP contribution is 2.31. The number of hydrogen-bond acceptors (Lipinski definition) is 3. The van der Waals surface area contributed by atoms with Gasteiger partial charge in [0.05, 0.1) is 11.1 Å². The number of amides is 4. The van der Waals surface area contributed by atoms with E-state index in [9.17, 15) is 14.4 Å². The Morgan fingerprint density at radius 1 is 0.926 bits per heavy atom. The van der Waals surface area contributed by atoms with E-state index in [1.807, 2.05) is 6.92 Å². The van der Waals surface area contributed by atoms with Gasteiger partial charge in [0.15, 0.2) is 0 Å². The summed E-state index contributed by atoms with van der Waals surface area (Å²) < 4.78 is 0. The topological polar surface area (TPSA) is 78.5 Å². The number of nitrogens with one attached hydrogen (secondary N) is 2. The lowest BCUT2D eigenvalue weighted by Crippen LogP contribution is -2.45. The van der Waals surface area contributed by atoms with Crippen LogP contribution in [0.4, 0.5) is 16.2 Å². The number of urea groups is 1. The summed E-state index contributed by atoms with van der Waals surface area (Å²) in [6.45, 7) is 7.27. The second-order valence-corrected chi connectivity index (χ2v) is 7.83. The van der Waals surface area contributed by atoms with Gasteiger partial charge >= 0.3 is 6.03 Å². The van der Waals surface area contributed by atoms with Gasteiger partial charge in [0.25, 0.3) is 11.8 Å². The van der Waals surface area contributed by atoms with Crippen LogP contribution in [0.15, 0.2) is 36.4 Å². The number of carbonyl (C=O) groups excluding carboxylic acids is 3. The van der Waals surface area contributed by atoms with E-state index >= 15 is 0 Å². The molecule has 0 radical (unpaired) electrons. The van der Waals surface area contributed by atoms with Gasteiger partial charge in [-0.2, -0.15) is 0 Å². The Morgan fingerprint density at radius 3 is 2.07 bits per heavy atom. The summed E-state index contributed by atoms with van der Waals surface area (Å²) in [5, 5.41) is 5.90. The van der Waals surface area contributed by atoms with Crippen LogP contribution < -0.4 is 10.6 Å². The molecule has 3 rings (SSSR count). The number of nitrogens with zero attached hydrogens (tertiary/aromatic N) is 1. The third-order valence-electron chi connectivity index (χ3n) is 4.24. The first-order valence-corrected chi connectivity index (χ1v) is 8.83. The summed E-state index contributed by atoms with van der Waals surface area (Å²) in [5.41, 5.74) is 1.88. The van der Waals surface area contributed by atoms with Crippen LogP contribution in [0.25, 0.3) is 0 Å². The number of hydrogen-bond donors (Lipinski definition) is 2. The normalized spacial score (nSPS) is 13.6. The fraction of sp³-hybridized carbons (Fsp3) is 0.250. The first-order valence-electron chi connectivity index (χ1n) is 8.45. The first-order chi connectivity index (χ1) is 12.6. The lowest BCUT2D eigenvalue weighted by molar-refractivity contribution is 0.0507. The van der Waals surface area contributed by atoms with Crippen LogP contribution in [0.3, 0.4) is 0 Å². The molecule has 4 amide bonds. The summed E-state index contributed by atoms with van der Waals surface area (Å²) in [4.78, 5) is 38.5. The first kappa shape index (κ1) is 18.9. The average Bonchev–Trinajstić information content (AvgIpc) is 2.81. The number of carbonyl (C=O) groups is 3. The molecule has 0 saturated heterocycles. The molecule has 0 aliphatic carbocycles. The van der Waals surface area contributed by atoms with Crippen molar-refractivity contribution in [3.8, 4) is 0 Å². The molecule has 0 fully saturated rings. The van der Waals surface area contributed by atoms with Crippen LogP contribution in [-0.2, 0) is 0 Å². The Bertz CT molecular complexity index is 963. The molecule has 1 aliphatic heterocycles. The minimum Gasteiger partial charge on any atom is -0.308 e. The van der Waals surface area contributed by atoms with Crippen molar-refractivity contribution in [2.24, 2.45) is 0 Å². The molecule has 6 nitrogen and oxygen atoms in total. The van der Waals surface area contributed by atoms with Gasteiger partial charge in [-0.05, 0) is 63.6 Å². The van der Waals surface area contributed by atoms with E-state index in [0.29, 0.717) is 22.0 Å². The molecule has 140 valence electrons. The Balaban J connectivity index is 1.78. The quantitative estimate of drug-likeness (QED) is 0.736. The van der Waals surface area contributed by atoms with E-state index in [4.69, 9.17) is 11.6 Å². The van der Waals surface area contributed by atoms with E-state index in [-0.39, 0.29) is 17.4 Å². The van der Waals surface area contributed by atoms with Gasteiger partial charge in [-0.25, -0.2) is 4.79 Å². The van der Waals surface area contributed by atoms with Gasteiger partial charge in [-0.15, -0.1) is 0 Å². The van der Waals surface area contributed by atoms with Gasteiger partial charge < -0.3 is 10.6 Å². The van der Waals surface area contributed by atoms with Crippen molar-refractivity contribution < 1.29 is 14.4 Å². The van der Waals surface area contributed by atoms with Crippen molar-refractivity contribution in [2.75, 3.05) is 10.6 Å². The predicted molar refractivity (Wildman–Crippen MR) is 106 cm³/mol. The van der Waals surface area contributed by atoms with Crippen molar-refractivity contribution in [1.82, 2.24) is 4.90 Å². The molecule has 7 heteroatoms. The number of fused-ring (bicyclic) bond motifs is 1. The van der Waals surface area contributed by atoms with Crippen molar-refractivity contribution in [1.29, 1.82) is 0 Å². The predicted octanol–water partition coefficient (Wildman–Crippen LogP) is 4.69. The standard InChI is InChI=1S/C20H20ClN3O3/c1-11-5-6-13(10-16(11)21)23-19(27)22-12-7-8-14-15(9-12)18(26)24(17(14)25)20(2,3)4/h5-10H,1-4H3,(H2,22,23,27). The Labute approximate surface area is 162 Å². The molecule has 2 aromatic carbocycles. The number of aryl methyl sites for hydroxylation is 1. The van der Waals surface area contributed by atoms with Crippen molar-refractivity contribution in [3.05, 3.63) is 58.1 Å². The molecule has 1 heterocycles. The molecule has 0 spiro atoms. The van der Waals surface area contributed by atoms with Crippen molar-refractivity contribution in [2.45, 2.75) is 33.2 Å². The molecule has 2 N–H and O–H groups in total. The third kappa shape index (κ3) is 3.66. The van der Waals surface area contributed by atoms with Crippen molar-refractivity contribution >= 4 is 40.8 Å². The monoisotopic (exact) mass is 385 g/mol. The number of anilines is 2. The summed E-state index contributed by atoms with van der Waals surface area (Å²) in [6, 6.07) is 9.40. The Hall–Kier alpha value is -2.86. The van der Waals surface area contributed by atoms with E-state index in [1.54, 1.807) is 51.1 Å². The summed E-state index contributed by atoms with van der Waals surface area (Å²) in [6.07, 6.45) is 0. The Morgan fingerprint density at radius 2 is 1.48 bits per heavy atom. The molecule has 0 bridgehead atoms. The van der Waals surface area contributed by atoms with E-state index in [0.717, 1.165) is 5.56 Å². The van der Waals surface area contributed by atoms with Gasteiger partial charge in [0, 0.05) is 21.9 Å². The van der Waals surface area contributed by atoms with Gasteiger partial charge in [0.1, 0.15) is 0 Å². The second kappa shape index (κ2) is 6.70. The van der Waals surface area contributed by atoms with Crippen molar-refractivity contribution in [3.63, 3.8) is 0 Å². The van der Waals surface area contributed by atoms with Crippen LogP contribution in [0.1, 0.15) is 47.1 Å². The molecule has 0 saturated carbocycles. The molecule has 1 aliphatic rings. The smallest absolute Gasteiger partial charge is 0.308 e. The molecule has 2 aromatic rings. The minimum absolute atomic E-state index is 0.283. The van der Waals surface area contributed by atoms with Crippen LogP contribution in [0, 0.1) is 6.92 Å².